The molecule has 2 aromatic rings. The molecular formula is C25H34N4O2. The Morgan fingerprint density at radius 3 is 2.48 bits per heavy atom. The normalized spacial score (nSPS) is 14.6. The van der Waals surface area contributed by atoms with E-state index in [-0.39, 0.29) is 11.9 Å². The summed E-state index contributed by atoms with van der Waals surface area (Å²) in [5.74, 6) is 2.34. The Balaban J connectivity index is 1.48. The number of nitrogens with zero attached hydrogens (tertiary/aromatic N) is 1. The van der Waals surface area contributed by atoms with E-state index in [1.807, 2.05) is 49.4 Å². The van der Waals surface area contributed by atoms with Gasteiger partial charge in [0.2, 0.25) is 0 Å². The highest BCUT2D eigenvalue weighted by Gasteiger charge is 2.22. The maximum atomic E-state index is 12.2. The average Bonchev–Trinajstić information content (AvgIpc) is 3.63. The first-order chi connectivity index (χ1) is 15.1. The lowest BCUT2D eigenvalue weighted by Gasteiger charge is -2.15. The Morgan fingerprint density at radius 1 is 1.10 bits per heavy atom. The third-order valence-electron chi connectivity index (χ3n) is 5.48. The number of amides is 1. The molecule has 0 aliphatic heterocycles. The minimum absolute atomic E-state index is 0.0334. The van der Waals surface area contributed by atoms with Gasteiger partial charge in [-0.3, -0.25) is 9.79 Å². The number of benzene rings is 2. The summed E-state index contributed by atoms with van der Waals surface area (Å²) in [5.41, 5.74) is 2.87. The second kappa shape index (κ2) is 11.4. The van der Waals surface area contributed by atoms with Gasteiger partial charge >= 0.3 is 0 Å². The Labute approximate surface area is 185 Å². The van der Waals surface area contributed by atoms with Crippen molar-refractivity contribution >= 4 is 11.9 Å². The molecule has 1 aliphatic carbocycles. The minimum atomic E-state index is -0.0334. The van der Waals surface area contributed by atoms with Crippen molar-refractivity contribution < 1.29 is 9.53 Å². The van der Waals surface area contributed by atoms with Gasteiger partial charge in [0, 0.05) is 37.3 Å². The van der Waals surface area contributed by atoms with E-state index in [0.29, 0.717) is 18.7 Å². The number of ether oxygens (including phenoxy) is 1. The molecule has 0 radical (unpaired) electrons. The summed E-state index contributed by atoms with van der Waals surface area (Å²) >= 11 is 0. The monoisotopic (exact) mass is 422 g/mol. The van der Waals surface area contributed by atoms with Crippen molar-refractivity contribution in [3.05, 3.63) is 65.2 Å². The van der Waals surface area contributed by atoms with Crippen molar-refractivity contribution in [2.45, 2.75) is 52.2 Å². The van der Waals surface area contributed by atoms with Gasteiger partial charge in [-0.15, -0.1) is 0 Å². The Bertz CT molecular complexity index is 875. The topological polar surface area (TPSA) is 74.8 Å². The van der Waals surface area contributed by atoms with Crippen LogP contribution in [0.3, 0.4) is 0 Å². The maximum Gasteiger partial charge on any atom is 0.251 e. The first-order valence-electron chi connectivity index (χ1n) is 11.1. The SMILES string of the molecule is CCC(C)NC(=O)c1ccc(CNC(=NC)NCc2ccccc2OCC2CC2)cc1. The summed E-state index contributed by atoms with van der Waals surface area (Å²) in [6.45, 7) is 6.12. The van der Waals surface area contributed by atoms with Crippen molar-refractivity contribution in [1.82, 2.24) is 16.0 Å². The van der Waals surface area contributed by atoms with Crippen LogP contribution < -0.4 is 20.7 Å². The van der Waals surface area contributed by atoms with Gasteiger partial charge in [0.25, 0.3) is 5.91 Å². The summed E-state index contributed by atoms with van der Waals surface area (Å²) < 4.78 is 5.98. The van der Waals surface area contributed by atoms with Gasteiger partial charge in [-0.05, 0) is 55.9 Å². The summed E-state index contributed by atoms with van der Waals surface area (Å²) in [4.78, 5) is 16.5. The number of hydrogen-bond donors (Lipinski definition) is 3. The molecule has 3 rings (SSSR count). The highest BCUT2D eigenvalue weighted by molar-refractivity contribution is 5.94. The lowest BCUT2D eigenvalue weighted by atomic mass is 10.1. The standard InChI is InChI=1S/C25H34N4O2/c1-4-18(2)29-24(30)21-13-11-19(12-14-21)15-27-25(26-3)28-16-22-7-5-6-8-23(22)31-17-20-9-10-20/h5-8,11-14,18,20H,4,9-10,15-17H2,1-3H3,(H,29,30)(H2,26,27,28). The summed E-state index contributed by atoms with van der Waals surface area (Å²) in [6, 6.07) is 15.9. The van der Waals surface area contributed by atoms with Crippen LogP contribution in [-0.2, 0) is 13.1 Å². The third kappa shape index (κ3) is 7.31. The van der Waals surface area contributed by atoms with E-state index in [0.717, 1.165) is 41.8 Å². The predicted molar refractivity (Wildman–Crippen MR) is 125 cm³/mol. The zero-order valence-corrected chi connectivity index (χ0v) is 18.8. The molecule has 1 saturated carbocycles. The van der Waals surface area contributed by atoms with Gasteiger partial charge in [-0.25, -0.2) is 0 Å². The molecule has 1 amide bonds. The van der Waals surface area contributed by atoms with Gasteiger partial charge in [0.05, 0.1) is 6.61 Å². The fraction of sp³-hybridized carbons (Fsp3) is 0.440. The number of rotatable bonds is 10. The molecule has 2 aromatic carbocycles. The van der Waals surface area contributed by atoms with Crippen LogP contribution in [0.15, 0.2) is 53.5 Å². The van der Waals surface area contributed by atoms with E-state index in [2.05, 4.69) is 33.9 Å². The fourth-order valence-electron chi connectivity index (χ4n) is 3.05. The molecule has 1 atom stereocenters. The zero-order chi connectivity index (χ0) is 22.1. The fourth-order valence-corrected chi connectivity index (χ4v) is 3.05. The van der Waals surface area contributed by atoms with E-state index in [1.165, 1.54) is 12.8 Å². The molecule has 1 aliphatic rings. The number of carbonyl (C=O) groups excluding carboxylic acids is 1. The highest BCUT2D eigenvalue weighted by Crippen LogP contribution is 2.30. The molecule has 6 nitrogen and oxygen atoms in total. The summed E-state index contributed by atoms with van der Waals surface area (Å²) in [5, 5.41) is 9.66. The molecule has 0 saturated heterocycles. The quantitative estimate of drug-likeness (QED) is 0.401. The van der Waals surface area contributed by atoms with Crippen molar-refractivity contribution in [1.29, 1.82) is 0 Å². The van der Waals surface area contributed by atoms with Crippen LogP contribution in [0.2, 0.25) is 0 Å². The van der Waals surface area contributed by atoms with Crippen molar-refractivity contribution in [2.24, 2.45) is 10.9 Å². The smallest absolute Gasteiger partial charge is 0.251 e. The third-order valence-corrected chi connectivity index (χ3v) is 5.48. The lowest BCUT2D eigenvalue weighted by molar-refractivity contribution is 0.0939. The van der Waals surface area contributed by atoms with Crippen LogP contribution in [-0.4, -0.2) is 31.6 Å². The number of nitrogens with one attached hydrogen (secondary N) is 3. The maximum absolute atomic E-state index is 12.2. The van der Waals surface area contributed by atoms with Gasteiger partial charge in [-0.2, -0.15) is 0 Å². The van der Waals surface area contributed by atoms with E-state index >= 15 is 0 Å². The number of hydrogen-bond acceptors (Lipinski definition) is 3. The Morgan fingerprint density at radius 2 is 1.81 bits per heavy atom. The van der Waals surface area contributed by atoms with Crippen LogP contribution in [0.5, 0.6) is 5.75 Å². The second-order valence-electron chi connectivity index (χ2n) is 8.12. The lowest BCUT2D eigenvalue weighted by Crippen LogP contribution is -2.36. The van der Waals surface area contributed by atoms with E-state index < -0.39 is 0 Å². The van der Waals surface area contributed by atoms with Crippen LogP contribution in [0, 0.1) is 5.92 Å². The van der Waals surface area contributed by atoms with Crippen LogP contribution in [0.1, 0.15) is 54.6 Å². The van der Waals surface area contributed by atoms with Crippen LogP contribution in [0.25, 0.3) is 0 Å². The van der Waals surface area contributed by atoms with Gasteiger partial charge in [0.15, 0.2) is 5.96 Å². The van der Waals surface area contributed by atoms with Crippen molar-refractivity contribution in [3.8, 4) is 5.75 Å². The van der Waals surface area contributed by atoms with E-state index in [1.54, 1.807) is 7.05 Å². The summed E-state index contributed by atoms with van der Waals surface area (Å²) in [7, 11) is 1.76. The number of aliphatic imine (C=N–C) groups is 1. The molecular weight excluding hydrogens is 388 g/mol. The van der Waals surface area contributed by atoms with Gasteiger partial charge < -0.3 is 20.7 Å². The van der Waals surface area contributed by atoms with Crippen molar-refractivity contribution in [3.63, 3.8) is 0 Å². The first kappa shape index (κ1) is 22.7. The molecule has 166 valence electrons. The molecule has 31 heavy (non-hydrogen) atoms. The van der Waals surface area contributed by atoms with Crippen LogP contribution in [0.4, 0.5) is 0 Å². The molecule has 1 unspecified atom stereocenters. The highest BCUT2D eigenvalue weighted by atomic mass is 16.5. The van der Waals surface area contributed by atoms with Gasteiger partial charge in [-0.1, -0.05) is 37.3 Å². The average molecular weight is 423 g/mol. The first-order valence-corrected chi connectivity index (χ1v) is 11.1. The Hall–Kier alpha value is -3.02. The minimum Gasteiger partial charge on any atom is -0.493 e. The Kier molecular flexibility index (Phi) is 8.33. The van der Waals surface area contributed by atoms with Crippen molar-refractivity contribution in [2.75, 3.05) is 13.7 Å². The number of guanidine groups is 1. The molecule has 1 fully saturated rings. The number of carbonyl (C=O) groups is 1. The predicted octanol–water partition coefficient (Wildman–Crippen LogP) is 3.87. The molecule has 6 heteroatoms. The van der Waals surface area contributed by atoms with E-state index in [4.69, 9.17) is 4.74 Å². The zero-order valence-electron chi connectivity index (χ0n) is 18.8. The number of para-hydroxylation sites is 1. The summed E-state index contributed by atoms with van der Waals surface area (Å²) in [6.07, 6.45) is 3.47. The largest absolute Gasteiger partial charge is 0.493 e. The molecule has 0 heterocycles. The van der Waals surface area contributed by atoms with Gasteiger partial charge in [0.1, 0.15) is 5.75 Å². The van der Waals surface area contributed by atoms with Crippen LogP contribution >= 0.6 is 0 Å². The van der Waals surface area contributed by atoms with E-state index in [9.17, 15) is 4.79 Å². The molecule has 0 bridgehead atoms. The molecule has 0 spiro atoms. The second-order valence-corrected chi connectivity index (χ2v) is 8.12. The molecule has 0 aromatic heterocycles. The molecule has 3 N–H and O–H groups in total.